The summed E-state index contributed by atoms with van der Waals surface area (Å²) in [6.07, 6.45) is 5.92. The summed E-state index contributed by atoms with van der Waals surface area (Å²) in [7, 11) is -4.67. The van der Waals surface area contributed by atoms with Gasteiger partial charge in [-0.2, -0.15) is 18.6 Å². The molecule has 10 nitrogen and oxygen atoms in total. The molecule has 2 heterocycles. The number of nitrogens with zero attached hydrogens (tertiary/aromatic N) is 4. The van der Waals surface area contributed by atoms with Gasteiger partial charge in [0.2, 0.25) is 0 Å². The zero-order chi connectivity index (χ0) is 11.6. The van der Waals surface area contributed by atoms with Gasteiger partial charge in [0.15, 0.2) is 0 Å². The Balaban J connectivity index is 0.000000196. The SMILES string of the molecule is O=S(=O)(O)O.c1nc[nH]n1.c1nc[nH]n1. The number of nitrogens with one attached hydrogen (secondary N) is 2. The first-order valence-electron chi connectivity index (χ1n) is 3.27. The molecule has 0 unspecified atom stereocenters. The van der Waals surface area contributed by atoms with E-state index < -0.39 is 10.4 Å². The van der Waals surface area contributed by atoms with Crippen molar-refractivity contribution in [2.75, 3.05) is 0 Å². The highest BCUT2D eigenvalue weighted by atomic mass is 32.3. The summed E-state index contributed by atoms with van der Waals surface area (Å²) < 4.78 is 31.6. The second-order valence-corrected chi connectivity index (χ2v) is 2.65. The number of H-pyrrole nitrogens is 2. The van der Waals surface area contributed by atoms with Crippen LogP contribution >= 0.6 is 0 Å². The van der Waals surface area contributed by atoms with Crippen LogP contribution in [0, 0.1) is 0 Å². The van der Waals surface area contributed by atoms with Gasteiger partial charge < -0.3 is 0 Å². The Bertz CT molecular complexity index is 328. The van der Waals surface area contributed by atoms with Crippen molar-refractivity contribution >= 4 is 10.4 Å². The Kier molecular flexibility index (Phi) is 6.61. The lowest BCUT2D eigenvalue weighted by Crippen LogP contribution is -1.89. The van der Waals surface area contributed by atoms with Gasteiger partial charge in [-0.1, -0.05) is 0 Å². The first kappa shape index (κ1) is 13.2. The molecule has 2 aromatic heterocycles. The zero-order valence-electron chi connectivity index (χ0n) is 7.22. The van der Waals surface area contributed by atoms with Crippen molar-refractivity contribution in [3.63, 3.8) is 0 Å². The molecule has 0 aromatic carbocycles. The summed E-state index contributed by atoms with van der Waals surface area (Å²) >= 11 is 0. The molecule has 0 aliphatic carbocycles. The Morgan fingerprint density at radius 1 is 0.933 bits per heavy atom. The average molecular weight is 236 g/mol. The molecule has 0 aliphatic heterocycles. The topological polar surface area (TPSA) is 158 Å². The number of rotatable bonds is 0. The Hall–Kier alpha value is -1.85. The number of hydrogen-bond donors (Lipinski definition) is 4. The van der Waals surface area contributed by atoms with E-state index in [4.69, 9.17) is 17.5 Å². The summed E-state index contributed by atoms with van der Waals surface area (Å²) in [6.45, 7) is 0. The largest absolute Gasteiger partial charge is 0.394 e. The molecular weight excluding hydrogens is 228 g/mol. The molecule has 0 radical (unpaired) electrons. The summed E-state index contributed by atoms with van der Waals surface area (Å²) in [5, 5.41) is 12.0. The Labute approximate surface area is 84.4 Å². The summed E-state index contributed by atoms with van der Waals surface area (Å²) in [6, 6.07) is 0. The molecule has 0 fully saturated rings. The van der Waals surface area contributed by atoms with E-state index in [0.717, 1.165) is 0 Å². The van der Waals surface area contributed by atoms with Gasteiger partial charge in [-0.3, -0.25) is 19.3 Å². The molecule has 4 N–H and O–H groups in total. The fourth-order valence-corrected chi connectivity index (χ4v) is 0.333. The van der Waals surface area contributed by atoms with Crippen LogP contribution in [0.25, 0.3) is 0 Å². The first-order chi connectivity index (χ1) is 7.00. The van der Waals surface area contributed by atoms with Gasteiger partial charge in [-0.15, -0.1) is 0 Å². The molecule has 0 amide bonds. The molecule has 15 heavy (non-hydrogen) atoms. The predicted molar refractivity (Wildman–Crippen MR) is 46.9 cm³/mol. The summed E-state index contributed by atoms with van der Waals surface area (Å²) in [4.78, 5) is 7.11. The summed E-state index contributed by atoms with van der Waals surface area (Å²) in [5.41, 5.74) is 0. The van der Waals surface area contributed by atoms with Crippen molar-refractivity contribution in [1.82, 2.24) is 30.4 Å². The minimum Gasteiger partial charge on any atom is -0.266 e. The van der Waals surface area contributed by atoms with E-state index in [1.54, 1.807) is 0 Å². The van der Waals surface area contributed by atoms with Crippen LogP contribution in [0.4, 0.5) is 0 Å². The van der Waals surface area contributed by atoms with Crippen LogP contribution in [-0.4, -0.2) is 47.9 Å². The van der Waals surface area contributed by atoms with E-state index in [2.05, 4.69) is 30.4 Å². The third-order valence-corrected chi connectivity index (χ3v) is 0.662. The van der Waals surface area contributed by atoms with E-state index in [1.807, 2.05) is 0 Å². The highest BCUT2D eigenvalue weighted by Crippen LogP contribution is 1.59. The molecule has 0 saturated heterocycles. The predicted octanol–water partition coefficient (Wildman–Crippen LogP) is -1.04. The van der Waals surface area contributed by atoms with Gasteiger partial charge in [0, 0.05) is 0 Å². The van der Waals surface area contributed by atoms with Crippen LogP contribution in [0.5, 0.6) is 0 Å². The summed E-state index contributed by atoms with van der Waals surface area (Å²) in [5.74, 6) is 0. The van der Waals surface area contributed by atoms with Gasteiger partial charge in [0.25, 0.3) is 0 Å². The van der Waals surface area contributed by atoms with Crippen molar-refractivity contribution in [1.29, 1.82) is 0 Å². The standard InChI is InChI=1S/2C2H3N3.H2O4S/c2*1-3-2-5-4-1;1-5(2,3)4/h2*1-2H,(H,3,4,5);(H2,1,2,3,4). The zero-order valence-corrected chi connectivity index (χ0v) is 8.03. The first-order valence-corrected chi connectivity index (χ1v) is 4.67. The highest BCUT2D eigenvalue weighted by Gasteiger charge is 1.84. The maximum absolute atomic E-state index is 8.74. The lowest BCUT2D eigenvalue weighted by Gasteiger charge is -1.68. The smallest absolute Gasteiger partial charge is 0.266 e. The molecule has 2 aromatic rings. The van der Waals surface area contributed by atoms with Crippen LogP contribution in [0.15, 0.2) is 25.3 Å². The van der Waals surface area contributed by atoms with Gasteiger partial charge in [0.05, 0.1) is 0 Å². The Morgan fingerprint density at radius 3 is 1.33 bits per heavy atom. The third-order valence-electron chi connectivity index (χ3n) is 0.662. The molecule has 0 saturated carbocycles. The monoisotopic (exact) mass is 236 g/mol. The van der Waals surface area contributed by atoms with Gasteiger partial charge in [-0.05, 0) is 0 Å². The normalized spacial score (nSPS) is 9.20. The maximum Gasteiger partial charge on any atom is 0.394 e. The quantitative estimate of drug-likeness (QED) is 0.422. The van der Waals surface area contributed by atoms with Crippen molar-refractivity contribution < 1.29 is 17.5 Å². The molecule has 0 aliphatic rings. The van der Waals surface area contributed by atoms with Gasteiger partial charge in [0.1, 0.15) is 25.3 Å². The van der Waals surface area contributed by atoms with Gasteiger partial charge >= 0.3 is 10.4 Å². The van der Waals surface area contributed by atoms with E-state index in [-0.39, 0.29) is 0 Å². The van der Waals surface area contributed by atoms with Crippen LogP contribution in [0.3, 0.4) is 0 Å². The number of hydrogen-bond acceptors (Lipinski definition) is 6. The molecule has 11 heteroatoms. The minimum atomic E-state index is -4.67. The lowest BCUT2D eigenvalue weighted by molar-refractivity contribution is 0.381. The van der Waals surface area contributed by atoms with E-state index in [1.165, 1.54) is 25.3 Å². The maximum atomic E-state index is 8.74. The fraction of sp³-hybridized carbons (Fsp3) is 0. The van der Waals surface area contributed by atoms with Crippen molar-refractivity contribution in [2.24, 2.45) is 0 Å². The second-order valence-electron chi connectivity index (χ2n) is 1.75. The second kappa shape index (κ2) is 7.54. The average Bonchev–Trinajstić information content (AvgIpc) is 2.81. The van der Waals surface area contributed by atoms with Crippen LogP contribution < -0.4 is 0 Å². The fourth-order valence-electron chi connectivity index (χ4n) is 0.333. The van der Waals surface area contributed by atoms with Crippen LogP contribution in [0.1, 0.15) is 0 Å². The molecule has 0 bridgehead atoms. The molecule has 84 valence electrons. The lowest BCUT2D eigenvalue weighted by atomic mass is 11.3. The van der Waals surface area contributed by atoms with E-state index >= 15 is 0 Å². The third kappa shape index (κ3) is 18.8. The minimum absolute atomic E-state index is 1.44. The van der Waals surface area contributed by atoms with Crippen LogP contribution in [-0.2, 0) is 10.4 Å². The van der Waals surface area contributed by atoms with Crippen molar-refractivity contribution in [2.45, 2.75) is 0 Å². The molecular formula is C4H8N6O4S. The van der Waals surface area contributed by atoms with Gasteiger partial charge in [-0.25, -0.2) is 9.97 Å². The molecule has 2 rings (SSSR count). The molecule has 0 atom stereocenters. The van der Waals surface area contributed by atoms with E-state index in [0.29, 0.717) is 0 Å². The van der Waals surface area contributed by atoms with Crippen molar-refractivity contribution in [3.05, 3.63) is 25.3 Å². The van der Waals surface area contributed by atoms with Crippen LogP contribution in [0.2, 0.25) is 0 Å². The number of aromatic amines is 2. The van der Waals surface area contributed by atoms with E-state index in [9.17, 15) is 0 Å². The highest BCUT2D eigenvalue weighted by molar-refractivity contribution is 7.79. The number of aromatic nitrogens is 6. The molecule has 0 spiro atoms. The van der Waals surface area contributed by atoms with Crippen molar-refractivity contribution in [3.8, 4) is 0 Å². The Morgan fingerprint density at radius 2 is 1.27 bits per heavy atom.